The third-order valence-corrected chi connectivity index (χ3v) is 6.21. The summed E-state index contributed by atoms with van der Waals surface area (Å²) in [5.41, 5.74) is 1.05. The summed E-state index contributed by atoms with van der Waals surface area (Å²) in [6, 6.07) is 9.07. The molecule has 0 amide bonds. The molecule has 3 rings (SSSR count). The summed E-state index contributed by atoms with van der Waals surface area (Å²) in [5.74, 6) is -1.02. The second-order valence-corrected chi connectivity index (χ2v) is 7.66. The van der Waals surface area contributed by atoms with Gasteiger partial charge in [-0.05, 0) is 42.3 Å². The summed E-state index contributed by atoms with van der Waals surface area (Å²) < 4.78 is 54.6. The lowest BCUT2D eigenvalue weighted by atomic mass is 10.1. The van der Waals surface area contributed by atoms with Crippen molar-refractivity contribution >= 4 is 10.0 Å². The number of rotatable bonds is 3. The van der Waals surface area contributed by atoms with Crippen LogP contribution < -0.4 is 5.32 Å². The molecule has 1 fully saturated rings. The van der Waals surface area contributed by atoms with Gasteiger partial charge in [-0.2, -0.15) is 4.31 Å². The summed E-state index contributed by atoms with van der Waals surface area (Å²) in [7, 11) is -3.89. The van der Waals surface area contributed by atoms with E-state index in [0.29, 0.717) is 24.2 Å². The second-order valence-electron chi connectivity index (χ2n) is 5.80. The fourth-order valence-corrected chi connectivity index (χ4v) is 4.80. The fourth-order valence-electron chi connectivity index (χ4n) is 2.95. The Morgan fingerprint density at radius 1 is 1.12 bits per heavy atom. The highest BCUT2D eigenvalue weighted by atomic mass is 32.2. The molecule has 2 aromatic carbocycles. The van der Waals surface area contributed by atoms with Crippen molar-refractivity contribution in [3.63, 3.8) is 0 Å². The third kappa shape index (κ3) is 3.19. The van der Waals surface area contributed by atoms with Crippen LogP contribution >= 0.6 is 0 Å². The highest BCUT2D eigenvalue weighted by Crippen LogP contribution is 2.30. The Morgan fingerprint density at radius 2 is 1.88 bits per heavy atom. The zero-order chi connectivity index (χ0) is 17.3. The Labute approximate surface area is 140 Å². The molecule has 7 heteroatoms. The molecule has 24 heavy (non-hydrogen) atoms. The van der Waals surface area contributed by atoms with Gasteiger partial charge in [-0.15, -0.1) is 0 Å². The van der Waals surface area contributed by atoms with Crippen molar-refractivity contribution in [1.29, 1.82) is 0 Å². The molecule has 0 bridgehead atoms. The molecular weight excluding hydrogens is 334 g/mol. The van der Waals surface area contributed by atoms with Crippen molar-refractivity contribution in [3.05, 3.63) is 65.2 Å². The average molecular weight is 352 g/mol. The molecule has 1 N–H and O–H groups in total. The van der Waals surface area contributed by atoms with Crippen LogP contribution in [0.3, 0.4) is 0 Å². The molecule has 1 unspecified atom stereocenters. The Bertz CT molecular complexity index is 855. The summed E-state index contributed by atoms with van der Waals surface area (Å²) in [4.78, 5) is -0.0502. The van der Waals surface area contributed by atoms with E-state index in [1.54, 1.807) is 19.1 Å². The predicted octanol–water partition coefficient (Wildman–Crippen LogP) is 2.61. The van der Waals surface area contributed by atoms with Crippen LogP contribution in [0.4, 0.5) is 8.78 Å². The summed E-state index contributed by atoms with van der Waals surface area (Å²) in [6.45, 7) is 2.72. The molecule has 0 aromatic heterocycles. The van der Waals surface area contributed by atoms with E-state index >= 15 is 0 Å². The Balaban J connectivity index is 2.05. The number of hydrogen-bond acceptors (Lipinski definition) is 3. The van der Waals surface area contributed by atoms with Crippen molar-refractivity contribution in [2.75, 3.05) is 19.6 Å². The number of piperazine rings is 1. The zero-order valence-electron chi connectivity index (χ0n) is 13.2. The van der Waals surface area contributed by atoms with Crippen LogP contribution in [0.5, 0.6) is 0 Å². The van der Waals surface area contributed by atoms with Gasteiger partial charge in [0.2, 0.25) is 10.0 Å². The van der Waals surface area contributed by atoms with E-state index in [1.165, 1.54) is 28.6 Å². The van der Waals surface area contributed by atoms with Crippen LogP contribution in [-0.4, -0.2) is 32.4 Å². The van der Waals surface area contributed by atoms with Crippen molar-refractivity contribution in [2.45, 2.75) is 17.9 Å². The van der Waals surface area contributed by atoms with Crippen LogP contribution in [0, 0.1) is 18.6 Å². The van der Waals surface area contributed by atoms with E-state index in [1.807, 2.05) is 0 Å². The first-order valence-corrected chi connectivity index (χ1v) is 9.08. The largest absolute Gasteiger partial charge is 0.313 e. The van der Waals surface area contributed by atoms with E-state index in [4.69, 9.17) is 0 Å². The van der Waals surface area contributed by atoms with E-state index < -0.39 is 27.7 Å². The molecular formula is C17H18F2N2O2S. The number of sulfonamides is 1. The number of nitrogens with zero attached hydrogens (tertiary/aromatic N) is 1. The first-order chi connectivity index (χ1) is 11.4. The minimum absolute atomic E-state index is 0.0502. The topological polar surface area (TPSA) is 49.4 Å². The normalized spacial score (nSPS) is 19.4. The van der Waals surface area contributed by atoms with E-state index in [9.17, 15) is 17.2 Å². The van der Waals surface area contributed by atoms with Gasteiger partial charge in [0.05, 0.1) is 10.9 Å². The van der Waals surface area contributed by atoms with Crippen LogP contribution in [-0.2, 0) is 10.0 Å². The Hall–Kier alpha value is -1.83. The summed E-state index contributed by atoms with van der Waals surface area (Å²) in [6.07, 6.45) is 0. The molecule has 0 aliphatic carbocycles. The van der Waals surface area contributed by atoms with E-state index in [0.717, 1.165) is 6.07 Å². The first-order valence-electron chi connectivity index (χ1n) is 7.64. The molecule has 128 valence electrons. The van der Waals surface area contributed by atoms with Crippen molar-refractivity contribution in [2.24, 2.45) is 0 Å². The molecule has 0 radical (unpaired) electrons. The second kappa shape index (κ2) is 6.58. The van der Waals surface area contributed by atoms with Gasteiger partial charge in [-0.1, -0.05) is 18.2 Å². The average Bonchev–Trinajstić information content (AvgIpc) is 2.57. The molecule has 1 aliphatic heterocycles. The SMILES string of the molecule is Cc1ccc(F)cc1S(=O)(=O)N1CCNCC1c1cccc(F)c1. The van der Waals surface area contributed by atoms with Gasteiger partial charge in [0.15, 0.2) is 0 Å². The standard InChI is InChI=1S/C17H18F2N2O2S/c1-12-5-6-15(19)10-17(12)24(22,23)21-8-7-20-11-16(21)13-3-2-4-14(18)9-13/h2-6,9-10,16,20H,7-8,11H2,1H3. The molecule has 1 saturated heterocycles. The maximum Gasteiger partial charge on any atom is 0.244 e. The van der Waals surface area contributed by atoms with Gasteiger partial charge in [0.1, 0.15) is 11.6 Å². The van der Waals surface area contributed by atoms with E-state index in [-0.39, 0.29) is 11.4 Å². The number of benzene rings is 2. The maximum absolute atomic E-state index is 13.6. The highest BCUT2D eigenvalue weighted by molar-refractivity contribution is 7.89. The number of aryl methyl sites for hydroxylation is 1. The van der Waals surface area contributed by atoms with Crippen molar-refractivity contribution in [1.82, 2.24) is 9.62 Å². The Kier molecular flexibility index (Phi) is 4.67. The smallest absolute Gasteiger partial charge is 0.244 e. The quantitative estimate of drug-likeness (QED) is 0.924. The molecule has 4 nitrogen and oxygen atoms in total. The first kappa shape index (κ1) is 17.0. The zero-order valence-corrected chi connectivity index (χ0v) is 14.0. The van der Waals surface area contributed by atoms with Crippen molar-refractivity contribution in [3.8, 4) is 0 Å². The highest BCUT2D eigenvalue weighted by Gasteiger charge is 2.35. The van der Waals surface area contributed by atoms with Gasteiger partial charge < -0.3 is 5.32 Å². The van der Waals surface area contributed by atoms with Crippen LogP contribution in [0.25, 0.3) is 0 Å². The molecule has 0 saturated carbocycles. The van der Waals surface area contributed by atoms with Crippen LogP contribution in [0.15, 0.2) is 47.4 Å². The summed E-state index contributed by atoms with van der Waals surface area (Å²) in [5, 5.41) is 3.13. The summed E-state index contributed by atoms with van der Waals surface area (Å²) >= 11 is 0. The number of halogens is 2. The molecule has 1 atom stereocenters. The number of nitrogens with one attached hydrogen (secondary N) is 1. The fraction of sp³-hybridized carbons (Fsp3) is 0.294. The lowest BCUT2D eigenvalue weighted by Gasteiger charge is -2.35. The van der Waals surface area contributed by atoms with Crippen LogP contribution in [0.1, 0.15) is 17.2 Å². The molecule has 1 heterocycles. The van der Waals surface area contributed by atoms with Gasteiger partial charge in [-0.25, -0.2) is 17.2 Å². The minimum atomic E-state index is -3.89. The van der Waals surface area contributed by atoms with Gasteiger partial charge >= 0.3 is 0 Å². The molecule has 0 spiro atoms. The monoisotopic (exact) mass is 352 g/mol. The molecule has 2 aromatic rings. The number of hydrogen-bond donors (Lipinski definition) is 1. The van der Waals surface area contributed by atoms with Crippen molar-refractivity contribution < 1.29 is 17.2 Å². The lowest BCUT2D eigenvalue weighted by molar-refractivity contribution is 0.271. The predicted molar refractivity (Wildman–Crippen MR) is 87.0 cm³/mol. The third-order valence-electron chi connectivity index (χ3n) is 4.16. The molecule has 1 aliphatic rings. The van der Waals surface area contributed by atoms with Gasteiger partial charge in [0, 0.05) is 19.6 Å². The maximum atomic E-state index is 13.6. The van der Waals surface area contributed by atoms with E-state index in [2.05, 4.69) is 5.32 Å². The Morgan fingerprint density at radius 3 is 2.62 bits per heavy atom. The van der Waals surface area contributed by atoms with Gasteiger partial charge in [-0.3, -0.25) is 0 Å². The van der Waals surface area contributed by atoms with Crippen LogP contribution in [0.2, 0.25) is 0 Å². The lowest BCUT2D eigenvalue weighted by Crippen LogP contribution is -2.48. The van der Waals surface area contributed by atoms with Gasteiger partial charge in [0.25, 0.3) is 0 Å². The minimum Gasteiger partial charge on any atom is -0.313 e.